The van der Waals surface area contributed by atoms with E-state index in [0.29, 0.717) is 43.6 Å². The zero-order valence-electron chi connectivity index (χ0n) is 13.1. The van der Waals surface area contributed by atoms with E-state index in [2.05, 4.69) is 10.2 Å². The molecule has 5 nitrogen and oxygen atoms in total. The molecule has 0 aliphatic carbocycles. The van der Waals surface area contributed by atoms with Crippen molar-refractivity contribution in [3.05, 3.63) is 59.0 Å². The Kier molecular flexibility index (Phi) is 5.37. The molecular formula is C17H18ClN3O2S. The standard InChI is InChI=1S/C17H18ClN3O2S/c18-14-5-3-13(4-6-14)12-19-17(24)21-9-7-20(8-10-21)16(22)15-2-1-11-23-15/h1-6,11H,7-10,12H2,(H,19,24). The fourth-order valence-electron chi connectivity index (χ4n) is 2.56. The summed E-state index contributed by atoms with van der Waals surface area (Å²) >= 11 is 11.3. The van der Waals surface area contributed by atoms with Crippen LogP contribution in [0.3, 0.4) is 0 Å². The second kappa shape index (κ2) is 7.68. The van der Waals surface area contributed by atoms with E-state index in [1.165, 1.54) is 6.26 Å². The van der Waals surface area contributed by atoms with E-state index in [-0.39, 0.29) is 5.91 Å². The van der Waals surface area contributed by atoms with Crippen LogP contribution < -0.4 is 5.32 Å². The first kappa shape index (κ1) is 16.8. The zero-order chi connectivity index (χ0) is 16.9. The smallest absolute Gasteiger partial charge is 0.289 e. The van der Waals surface area contributed by atoms with Crippen LogP contribution in [0.1, 0.15) is 16.1 Å². The number of carbonyl (C=O) groups is 1. The molecule has 24 heavy (non-hydrogen) atoms. The number of hydrogen-bond donors (Lipinski definition) is 1. The lowest BCUT2D eigenvalue weighted by atomic mass is 10.2. The number of rotatable bonds is 3. The molecule has 0 saturated carbocycles. The molecule has 1 saturated heterocycles. The summed E-state index contributed by atoms with van der Waals surface area (Å²) in [5.41, 5.74) is 1.12. The Balaban J connectivity index is 1.46. The number of benzene rings is 1. The van der Waals surface area contributed by atoms with Gasteiger partial charge in [-0.15, -0.1) is 0 Å². The predicted molar refractivity (Wildman–Crippen MR) is 97.1 cm³/mol. The van der Waals surface area contributed by atoms with E-state index in [1.807, 2.05) is 24.3 Å². The van der Waals surface area contributed by atoms with Crippen LogP contribution in [-0.2, 0) is 6.54 Å². The zero-order valence-corrected chi connectivity index (χ0v) is 14.6. The number of nitrogens with one attached hydrogen (secondary N) is 1. The highest BCUT2D eigenvalue weighted by molar-refractivity contribution is 7.80. The summed E-state index contributed by atoms with van der Waals surface area (Å²) in [6, 6.07) is 11.1. The number of carbonyl (C=O) groups excluding carboxylic acids is 1. The van der Waals surface area contributed by atoms with E-state index < -0.39 is 0 Å². The minimum absolute atomic E-state index is 0.0697. The van der Waals surface area contributed by atoms with E-state index in [4.69, 9.17) is 28.2 Å². The Morgan fingerprint density at radius 3 is 2.42 bits per heavy atom. The SMILES string of the molecule is O=C(c1ccco1)N1CCN(C(=S)NCc2ccc(Cl)cc2)CC1. The second-order valence-corrected chi connectivity index (χ2v) is 6.36. The molecule has 1 N–H and O–H groups in total. The maximum absolute atomic E-state index is 12.2. The van der Waals surface area contributed by atoms with Gasteiger partial charge in [-0.1, -0.05) is 23.7 Å². The van der Waals surface area contributed by atoms with Gasteiger partial charge in [0, 0.05) is 37.7 Å². The van der Waals surface area contributed by atoms with Gasteiger partial charge in [-0.2, -0.15) is 0 Å². The van der Waals surface area contributed by atoms with Gasteiger partial charge < -0.3 is 19.5 Å². The largest absolute Gasteiger partial charge is 0.459 e. The summed E-state index contributed by atoms with van der Waals surface area (Å²) in [4.78, 5) is 16.1. The van der Waals surface area contributed by atoms with Crippen molar-refractivity contribution < 1.29 is 9.21 Å². The average Bonchev–Trinajstić information content (AvgIpc) is 3.15. The van der Waals surface area contributed by atoms with Gasteiger partial charge in [0.2, 0.25) is 0 Å². The van der Waals surface area contributed by atoms with Crippen molar-refractivity contribution in [2.75, 3.05) is 26.2 Å². The predicted octanol–water partition coefficient (Wildman–Crippen LogP) is 2.77. The molecule has 1 aromatic heterocycles. The van der Waals surface area contributed by atoms with Gasteiger partial charge >= 0.3 is 0 Å². The summed E-state index contributed by atoms with van der Waals surface area (Å²) in [5, 5.41) is 4.68. The number of nitrogens with zero attached hydrogens (tertiary/aromatic N) is 2. The summed E-state index contributed by atoms with van der Waals surface area (Å²) in [7, 11) is 0. The quantitative estimate of drug-likeness (QED) is 0.850. The van der Waals surface area contributed by atoms with E-state index in [9.17, 15) is 4.79 Å². The Labute approximate surface area is 151 Å². The van der Waals surface area contributed by atoms with Crippen LogP contribution in [0, 0.1) is 0 Å². The molecule has 1 aliphatic rings. The highest BCUT2D eigenvalue weighted by Crippen LogP contribution is 2.11. The topological polar surface area (TPSA) is 48.7 Å². The lowest BCUT2D eigenvalue weighted by Gasteiger charge is -2.35. The third kappa shape index (κ3) is 4.07. The van der Waals surface area contributed by atoms with Crippen LogP contribution in [0.15, 0.2) is 47.1 Å². The van der Waals surface area contributed by atoms with Gasteiger partial charge in [0.15, 0.2) is 10.9 Å². The van der Waals surface area contributed by atoms with Crippen molar-refractivity contribution in [1.82, 2.24) is 15.1 Å². The number of halogens is 1. The maximum atomic E-state index is 12.2. The summed E-state index contributed by atoms with van der Waals surface area (Å²) in [6.07, 6.45) is 1.51. The summed E-state index contributed by atoms with van der Waals surface area (Å²) in [6.45, 7) is 3.32. The molecule has 2 heterocycles. The Hall–Kier alpha value is -2.05. The molecule has 1 aromatic carbocycles. The number of thiocarbonyl (C=S) groups is 1. The minimum atomic E-state index is -0.0697. The Bertz CT molecular complexity index is 695. The van der Waals surface area contributed by atoms with Crippen LogP contribution >= 0.6 is 23.8 Å². The maximum Gasteiger partial charge on any atom is 0.289 e. The van der Waals surface area contributed by atoms with Crippen LogP contribution in [-0.4, -0.2) is 47.0 Å². The van der Waals surface area contributed by atoms with E-state index >= 15 is 0 Å². The van der Waals surface area contributed by atoms with Gasteiger partial charge in [-0.3, -0.25) is 4.79 Å². The fourth-order valence-corrected chi connectivity index (χ4v) is 2.94. The first-order chi connectivity index (χ1) is 11.6. The molecule has 1 aliphatic heterocycles. The van der Waals surface area contributed by atoms with Gasteiger partial charge in [-0.05, 0) is 42.0 Å². The number of furan rings is 1. The highest BCUT2D eigenvalue weighted by atomic mass is 35.5. The van der Waals surface area contributed by atoms with E-state index in [0.717, 1.165) is 10.6 Å². The Morgan fingerprint density at radius 2 is 1.79 bits per heavy atom. The third-order valence-corrected chi connectivity index (χ3v) is 4.60. The van der Waals surface area contributed by atoms with Crippen molar-refractivity contribution in [2.45, 2.75) is 6.54 Å². The third-order valence-electron chi connectivity index (χ3n) is 3.94. The van der Waals surface area contributed by atoms with Crippen LogP contribution in [0.5, 0.6) is 0 Å². The molecule has 1 fully saturated rings. The van der Waals surface area contributed by atoms with Crippen LogP contribution in [0.4, 0.5) is 0 Å². The lowest BCUT2D eigenvalue weighted by Crippen LogP contribution is -2.52. The van der Waals surface area contributed by atoms with Crippen LogP contribution in [0.2, 0.25) is 5.02 Å². The molecule has 1 amide bonds. The molecule has 2 aromatic rings. The molecule has 7 heteroatoms. The molecular weight excluding hydrogens is 346 g/mol. The first-order valence-corrected chi connectivity index (χ1v) is 8.52. The fraction of sp³-hybridized carbons (Fsp3) is 0.294. The molecule has 0 bridgehead atoms. The molecule has 0 atom stereocenters. The van der Waals surface area contributed by atoms with Gasteiger partial charge in [-0.25, -0.2) is 0 Å². The molecule has 0 radical (unpaired) electrons. The lowest BCUT2D eigenvalue weighted by molar-refractivity contribution is 0.0659. The van der Waals surface area contributed by atoms with Gasteiger partial charge in [0.25, 0.3) is 5.91 Å². The average molecular weight is 364 g/mol. The van der Waals surface area contributed by atoms with Crippen molar-refractivity contribution >= 4 is 34.8 Å². The first-order valence-electron chi connectivity index (χ1n) is 7.73. The van der Waals surface area contributed by atoms with Crippen molar-refractivity contribution in [3.63, 3.8) is 0 Å². The van der Waals surface area contributed by atoms with Gasteiger partial charge in [0.1, 0.15) is 0 Å². The summed E-state index contributed by atoms with van der Waals surface area (Å²) < 4.78 is 5.17. The van der Waals surface area contributed by atoms with Crippen LogP contribution in [0.25, 0.3) is 0 Å². The van der Waals surface area contributed by atoms with E-state index in [1.54, 1.807) is 17.0 Å². The number of piperazine rings is 1. The normalized spacial score (nSPS) is 14.5. The molecule has 0 unspecified atom stereocenters. The molecule has 126 valence electrons. The van der Waals surface area contributed by atoms with Crippen molar-refractivity contribution in [1.29, 1.82) is 0 Å². The summed E-state index contributed by atoms with van der Waals surface area (Å²) in [5.74, 6) is 0.312. The minimum Gasteiger partial charge on any atom is -0.459 e. The molecule has 3 rings (SSSR count). The number of hydrogen-bond acceptors (Lipinski definition) is 3. The highest BCUT2D eigenvalue weighted by Gasteiger charge is 2.24. The van der Waals surface area contributed by atoms with Crippen molar-refractivity contribution in [2.24, 2.45) is 0 Å². The second-order valence-electron chi connectivity index (χ2n) is 5.54. The van der Waals surface area contributed by atoms with Gasteiger partial charge in [0.05, 0.1) is 6.26 Å². The van der Waals surface area contributed by atoms with Crippen molar-refractivity contribution in [3.8, 4) is 0 Å². The number of amides is 1. The monoisotopic (exact) mass is 363 g/mol. The Morgan fingerprint density at radius 1 is 1.12 bits per heavy atom. The molecule has 0 spiro atoms.